The first-order valence-electron chi connectivity index (χ1n) is 6.01. The Labute approximate surface area is 103 Å². The lowest BCUT2D eigenvalue weighted by Crippen LogP contribution is -2.11. The standard InChI is InChI=1S/C17H16/c1-12-13-8-4-5-9-14(13)15-10-6-7-11-17(2,3)16(12)15/h4-11H,1H2,2-3H3. The van der Waals surface area contributed by atoms with Gasteiger partial charge in [-0.2, -0.15) is 0 Å². The van der Waals surface area contributed by atoms with Gasteiger partial charge >= 0.3 is 0 Å². The van der Waals surface area contributed by atoms with Gasteiger partial charge in [0.25, 0.3) is 0 Å². The fourth-order valence-electron chi connectivity index (χ4n) is 2.85. The Morgan fingerprint density at radius 1 is 1.00 bits per heavy atom. The zero-order valence-corrected chi connectivity index (χ0v) is 10.3. The maximum absolute atomic E-state index is 4.29. The predicted octanol–water partition coefficient (Wildman–Crippen LogP) is 4.62. The monoisotopic (exact) mass is 220 g/mol. The summed E-state index contributed by atoms with van der Waals surface area (Å²) in [5.41, 5.74) is 6.53. The molecule has 0 unspecified atom stereocenters. The van der Waals surface area contributed by atoms with Crippen molar-refractivity contribution >= 4 is 11.1 Å². The van der Waals surface area contributed by atoms with Gasteiger partial charge in [-0.15, -0.1) is 0 Å². The minimum Gasteiger partial charge on any atom is -0.0908 e. The molecule has 0 spiro atoms. The van der Waals surface area contributed by atoms with Crippen LogP contribution in [0.3, 0.4) is 0 Å². The van der Waals surface area contributed by atoms with Crippen LogP contribution in [-0.4, -0.2) is 0 Å². The predicted molar refractivity (Wildman–Crippen MR) is 74.5 cm³/mol. The van der Waals surface area contributed by atoms with Crippen molar-refractivity contribution < 1.29 is 0 Å². The molecule has 0 atom stereocenters. The third-order valence-electron chi connectivity index (χ3n) is 3.64. The maximum atomic E-state index is 4.29. The van der Waals surface area contributed by atoms with E-state index in [0.717, 1.165) is 0 Å². The van der Waals surface area contributed by atoms with Crippen LogP contribution in [0, 0.1) is 5.41 Å². The fourth-order valence-corrected chi connectivity index (χ4v) is 2.85. The largest absolute Gasteiger partial charge is 0.0908 e. The summed E-state index contributed by atoms with van der Waals surface area (Å²) < 4.78 is 0. The van der Waals surface area contributed by atoms with Crippen LogP contribution in [0.15, 0.2) is 60.7 Å². The number of fused-ring (bicyclic) bond motifs is 2. The van der Waals surface area contributed by atoms with Crippen LogP contribution < -0.4 is 0 Å². The van der Waals surface area contributed by atoms with Crippen molar-refractivity contribution in [2.24, 2.45) is 5.41 Å². The van der Waals surface area contributed by atoms with Crippen molar-refractivity contribution in [3.8, 4) is 0 Å². The van der Waals surface area contributed by atoms with E-state index >= 15 is 0 Å². The van der Waals surface area contributed by atoms with Crippen molar-refractivity contribution in [1.82, 2.24) is 0 Å². The molecule has 0 fully saturated rings. The third-order valence-corrected chi connectivity index (χ3v) is 3.64. The molecule has 3 rings (SSSR count). The second-order valence-corrected chi connectivity index (χ2v) is 5.25. The molecular weight excluding hydrogens is 204 g/mol. The van der Waals surface area contributed by atoms with Gasteiger partial charge in [-0.25, -0.2) is 0 Å². The Morgan fingerprint density at radius 2 is 1.71 bits per heavy atom. The van der Waals surface area contributed by atoms with Gasteiger partial charge in [0.05, 0.1) is 0 Å². The lowest BCUT2D eigenvalue weighted by molar-refractivity contribution is 0.604. The molecule has 0 saturated carbocycles. The molecule has 0 N–H and O–H groups in total. The van der Waals surface area contributed by atoms with Crippen molar-refractivity contribution in [2.75, 3.05) is 0 Å². The lowest BCUT2D eigenvalue weighted by atomic mass is 9.80. The highest BCUT2D eigenvalue weighted by Gasteiger charge is 2.32. The summed E-state index contributed by atoms with van der Waals surface area (Å²) in [5.74, 6) is 0. The molecule has 1 aromatic rings. The van der Waals surface area contributed by atoms with E-state index in [4.69, 9.17) is 0 Å². The van der Waals surface area contributed by atoms with Crippen LogP contribution in [0.25, 0.3) is 11.1 Å². The van der Waals surface area contributed by atoms with Crippen LogP contribution in [0.2, 0.25) is 0 Å². The molecule has 0 amide bonds. The van der Waals surface area contributed by atoms with E-state index < -0.39 is 0 Å². The SMILES string of the molecule is C=C1C2=C(C=CC=CC2(C)C)c2ccccc21. The Morgan fingerprint density at radius 3 is 2.47 bits per heavy atom. The van der Waals surface area contributed by atoms with Gasteiger partial charge < -0.3 is 0 Å². The molecule has 0 heterocycles. The molecule has 0 saturated heterocycles. The zero-order valence-electron chi connectivity index (χ0n) is 10.3. The van der Waals surface area contributed by atoms with Crippen molar-refractivity contribution in [1.29, 1.82) is 0 Å². The third kappa shape index (κ3) is 1.37. The average molecular weight is 220 g/mol. The summed E-state index contributed by atoms with van der Waals surface area (Å²) in [6.07, 6.45) is 8.72. The Bertz CT molecular complexity index is 592. The maximum Gasteiger partial charge on any atom is 0.00905 e. The molecule has 0 heteroatoms. The van der Waals surface area contributed by atoms with E-state index in [1.165, 1.54) is 27.8 Å². The topological polar surface area (TPSA) is 0 Å². The summed E-state index contributed by atoms with van der Waals surface area (Å²) in [7, 11) is 0. The molecule has 84 valence electrons. The normalized spacial score (nSPS) is 20.2. The molecule has 0 aromatic heterocycles. The van der Waals surface area contributed by atoms with Crippen LogP contribution in [0.5, 0.6) is 0 Å². The molecule has 2 aliphatic carbocycles. The molecule has 2 aliphatic rings. The van der Waals surface area contributed by atoms with Gasteiger partial charge in [0.15, 0.2) is 0 Å². The Balaban J connectivity index is 2.32. The van der Waals surface area contributed by atoms with Crippen LogP contribution >= 0.6 is 0 Å². The Hall–Kier alpha value is -1.82. The van der Waals surface area contributed by atoms with Gasteiger partial charge in [0, 0.05) is 5.41 Å². The highest BCUT2D eigenvalue weighted by molar-refractivity contribution is 6.03. The molecule has 0 bridgehead atoms. The van der Waals surface area contributed by atoms with Gasteiger partial charge in [-0.1, -0.05) is 69.0 Å². The lowest BCUT2D eigenvalue weighted by Gasteiger charge is -2.24. The van der Waals surface area contributed by atoms with Gasteiger partial charge in [0.1, 0.15) is 0 Å². The zero-order chi connectivity index (χ0) is 12.0. The highest BCUT2D eigenvalue weighted by Crippen LogP contribution is 2.50. The van der Waals surface area contributed by atoms with Gasteiger partial charge in [-0.05, 0) is 27.8 Å². The van der Waals surface area contributed by atoms with Crippen LogP contribution in [-0.2, 0) is 0 Å². The number of hydrogen-bond donors (Lipinski definition) is 0. The molecule has 0 nitrogen and oxygen atoms in total. The van der Waals surface area contributed by atoms with E-state index in [9.17, 15) is 0 Å². The first-order valence-corrected chi connectivity index (χ1v) is 6.01. The molecule has 0 radical (unpaired) electrons. The second-order valence-electron chi connectivity index (χ2n) is 5.25. The van der Waals surface area contributed by atoms with E-state index in [1.54, 1.807) is 0 Å². The average Bonchev–Trinajstić information content (AvgIpc) is 2.48. The second kappa shape index (κ2) is 3.33. The summed E-state index contributed by atoms with van der Waals surface area (Å²) in [6.45, 7) is 8.80. The van der Waals surface area contributed by atoms with Gasteiger partial charge in [0.2, 0.25) is 0 Å². The minimum absolute atomic E-state index is 0.0505. The summed E-state index contributed by atoms with van der Waals surface area (Å²) >= 11 is 0. The highest BCUT2D eigenvalue weighted by atomic mass is 14.4. The van der Waals surface area contributed by atoms with Gasteiger partial charge in [-0.3, -0.25) is 0 Å². The molecule has 1 aromatic carbocycles. The fraction of sp³-hybridized carbons (Fsp3) is 0.176. The first kappa shape index (κ1) is 10.3. The quantitative estimate of drug-likeness (QED) is 0.598. The molecular formula is C17H16. The Kier molecular flexibility index (Phi) is 2.03. The van der Waals surface area contributed by atoms with E-state index in [0.29, 0.717) is 0 Å². The van der Waals surface area contributed by atoms with Crippen LogP contribution in [0.1, 0.15) is 25.0 Å². The van der Waals surface area contributed by atoms with Crippen molar-refractivity contribution in [3.63, 3.8) is 0 Å². The van der Waals surface area contributed by atoms with E-state index in [-0.39, 0.29) is 5.41 Å². The van der Waals surface area contributed by atoms with E-state index in [2.05, 4.69) is 69.0 Å². The van der Waals surface area contributed by atoms with Crippen molar-refractivity contribution in [2.45, 2.75) is 13.8 Å². The summed E-state index contributed by atoms with van der Waals surface area (Å²) in [4.78, 5) is 0. The number of rotatable bonds is 0. The summed E-state index contributed by atoms with van der Waals surface area (Å²) in [5, 5.41) is 0. The van der Waals surface area contributed by atoms with E-state index in [1.807, 2.05) is 0 Å². The number of benzene rings is 1. The van der Waals surface area contributed by atoms with Crippen LogP contribution in [0.4, 0.5) is 0 Å². The minimum atomic E-state index is 0.0505. The first-order chi connectivity index (χ1) is 8.11. The van der Waals surface area contributed by atoms with Crippen molar-refractivity contribution in [3.05, 3.63) is 71.8 Å². The number of allylic oxidation sites excluding steroid dienone is 7. The molecule has 17 heavy (non-hydrogen) atoms. The number of hydrogen-bond acceptors (Lipinski definition) is 0. The summed E-state index contributed by atoms with van der Waals surface area (Å²) in [6, 6.07) is 8.54. The smallest absolute Gasteiger partial charge is 0.00905 e. The molecule has 0 aliphatic heterocycles.